The molecule has 0 fully saturated rings. The van der Waals surface area contributed by atoms with E-state index in [4.69, 9.17) is 9.47 Å². The first-order valence-electron chi connectivity index (χ1n) is 7.49. The minimum absolute atomic E-state index is 0.0904. The van der Waals surface area contributed by atoms with E-state index in [1.54, 1.807) is 38.6 Å². The highest BCUT2D eigenvalue weighted by Crippen LogP contribution is 2.41. The average molecular weight is 312 g/mol. The summed E-state index contributed by atoms with van der Waals surface area (Å²) in [4.78, 5) is 18.7. The number of anilines is 1. The molecular weight excluding hydrogens is 292 g/mol. The van der Waals surface area contributed by atoms with Crippen LogP contribution in [-0.4, -0.2) is 31.7 Å². The van der Waals surface area contributed by atoms with Gasteiger partial charge in [-0.05, 0) is 18.2 Å². The van der Waals surface area contributed by atoms with Crippen LogP contribution in [0.5, 0.6) is 11.5 Å². The summed E-state index contributed by atoms with van der Waals surface area (Å²) in [6, 6.07) is 9.24. The van der Waals surface area contributed by atoms with Crippen molar-refractivity contribution in [1.29, 1.82) is 0 Å². The molecule has 5 heteroatoms. The second-order valence-electron chi connectivity index (χ2n) is 6.25. The van der Waals surface area contributed by atoms with Crippen LogP contribution in [-0.2, 0) is 5.41 Å². The second kappa shape index (κ2) is 5.57. The number of fused-ring (bicyclic) bond motifs is 1. The summed E-state index contributed by atoms with van der Waals surface area (Å²) in [5, 5.41) is 0. The van der Waals surface area contributed by atoms with Crippen molar-refractivity contribution in [3.05, 3.63) is 47.7 Å². The van der Waals surface area contributed by atoms with Crippen molar-refractivity contribution in [3.8, 4) is 11.5 Å². The number of methoxy groups -OCH3 is 1. The number of rotatable bonds is 3. The van der Waals surface area contributed by atoms with Crippen LogP contribution in [0.15, 0.2) is 36.5 Å². The molecule has 1 aliphatic heterocycles. The third-order valence-electron chi connectivity index (χ3n) is 4.15. The van der Waals surface area contributed by atoms with E-state index in [-0.39, 0.29) is 11.3 Å². The molecule has 1 aromatic carbocycles. The number of hydrogen-bond acceptors (Lipinski definition) is 4. The molecule has 2 aromatic rings. The zero-order chi connectivity index (χ0) is 16.6. The van der Waals surface area contributed by atoms with E-state index >= 15 is 0 Å². The maximum atomic E-state index is 12.9. The van der Waals surface area contributed by atoms with Crippen LogP contribution in [0.4, 0.5) is 5.82 Å². The number of hydrogen-bond donors (Lipinski definition) is 0. The van der Waals surface area contributed by atoms with Gasteiger partial charge in [0.1, 0.15) is 5.75 Å². The Hall–Kier alpha value is -2.56. The third-order valence-corrected chi connectivity index (χ3v) is 4.15. The van der Waals surface area contributed by atoms with Crippen LogP contribution < -0.4 is 14.4 Å². The number of carbonyl (C=O) groups excluding carboxylic acids is 1. The first-order chi connectivity index (χ1) is 11.0. The van der Waals surface area contributed by atoms with Gasteiger partial charge in [-0.15, -0.1) is 0 Å². The summed E-state index contributed by atoms with van der Waals surface area (Å²) >= 11 is 0. The van der Waals surface area contributed by atoms with Gasteiger partial charge >= 0.3 is 0 Å². The Kier molecular flexibility index (Phi) is 3.72. The van der Waals surface area contributed by atoms with Crippen molar-refractivity contribution < 1.29 is 14.3 Å². The normalized spacial score (nSPS) is 14.8. The lowest BCUT2D eigenvalue weighted by Crippen LogP contribution is -2.28. The number of ether oxygens (including phenoxy) is 2. The molecule has 0 aliphatic carbocycles. The molecule has 0 radical (unpaired) electrons. The topological polar surface area (TPSA) is 51.7 Å². The van der Waals surface area contributed by atoms with E-state index in [0.29, 0.717) is 29.5 Å². The van der Waals surface area contributed by atoms with Gasteiger partial charge in [-0.2, -0.15) is 0 Å². The average Bonchev–Trinajstić information content (AvgIpc) is 2.89. The molecule has 2 heterocycles. The zero-order valence-corrected chi connectivity index (χ0v) is 13.8. The van der Waals surface area contributed by atoms with Gasteiger partial charge in [0.05, 0.1) is 19.3 Å². The fourth-order valence-electron chi connectivity index (χ4n) is 2.79. The van der Waals surface area contributed by atoms with Crippen LogP contribution in [0.2, 0.25) is 0 Å². The molecule has 0 saturated heterocycles. The van der Waals surface area contributed by atoms with Gasteiger partial charge in [0.15, 0.2) is 11.6 Å². The molecule has 5 nitrogen and oxygen atoms in total. The molecular formula is C18H20N2O3. The lowest BCUT2D eigenvalue weighted by Gasteiger charge is -2.20. The Labute approximate surface area is 135 Å². The van der Waals surface area contributed by atoms with Crippen LogP contribution in [0.3, 0.4) is 0 Å². The predicted octanol–water partition coefficient (Wildman–Crippen LogP) is 3.04. The fraction of sp³-hybridized carbons (Fsp3) is 0.333. The quantitative estimate of drug-likeness (QED) is 0.874. The molecule has 0 bridgehead atoms. The molecule has 0 N–H and O–H groups in total. The molecule has 1 amide bonds. The molecule has 0 unspecified atom stereocenters. The Morgan fingerprint density at radius 3 is 2.83 bits per heavy atom. The highest BCUT2D eigenvalue weighted by atomic mass is 16.5. The van der Waals surface area contributed by atoms with Crippen molar-refractivity contribution in [1.82, 2.24) is 4.98 Å². The van der Waals surface area contributed by atoms with Crippen LogP contribution in [0, 0.1) is 0 Å². The maximum absolute atomic E-state index is 12.9. The Bertz CT molecular complexity index is 756. The number of nitrogens with zero attached hydrogens (tertiary/aromatic N) is 2. The zero-order valence-electron chi connectivity index (χ0n) is 13.8. The van der Waals surface area contributed by atoms with Crippen molar-refractivity contribution in [2.24, 2.45) is 0 Å². The number of para-hydroxylation sites is 1. The van der Waals surface area contributed by atoms with E-state index in [1.807, 2.05) is 12.1 Å². The van der Waals surface area contributed by atoms with Crippen molar-refractivity contribution in [2.75, 3.05) is 25.7 Å². The molecule has 120 valence electrons. The Morgan fingerprint density at radius 2 is 2.09 bits per heavy atom. The summed E-state index contributed by atoms with van der Waals surface area (Å²) in [6.45, 7) is 4.79. The molecule has 0 saturated carbocycles. The molecule has 0 atom stereocenters. The Morgan fingerprint density at radius 1 is 1.30 bits per heavy atom. The van der Waals surface area contributed by atoms with E-state index in [9.17, 15) is 4.79 Å². The van der Waals surface area contributed by atoms with Crippen LogP contribution in [0.1, 0.15) is 29.8 Å². The molecule has 0 spiro atoms. The minimum atomic E-state index is -0.170. The maximum Gasteiger partial charge on any atom is 0.263 e. The fourth-order valence-corrected chi connectivity index (χ4v) is 2.79. The largest absolute Gasteiger partial charge is 0.493 e. The van der Waals surface area contributed by atoms with Crippen LogP contribution in [0.25, 0.3) is 0 Å². The van der Waals surface area contributed by atoms with Crippen molar-refractivity contribution >= 4 is 11.7 Å². The number of carbonyl (C=O) groups is 1. The number of benzene rings is 1. The SMILES string of the molecule is COc1cccnc1N(C)C(=O)c1cccc2c1OCC2(C)C. The highest BCUT2D eigenvalue weighted by Gasteiger charge is 2.35. The first-order valence-corrected chi connectivity index (χ1v) is 7.49. The summed E-state index contributed by atoms with van der Waals surface area (Å²) in [6.07, 6.45) is 1.64. The van der Waals surface area contributed by atoms with E-state index in [0.717, 1.165) is 5.56 Å². The van der Waals surface area contributed by atoms with Gasteiger partial charge < -0.3 is 9.47 Å². The monoisotopic (exact) mass is 312 g/mol. The molecule has 23 heavy (non-hydrogen) atoms. The Balaban J connectivity index is 2.00. The van der Waals surface area contributed by atoms with E-state index < -0.39 is 0 Å². The summed E-state index contributed by atoms with van der Waals surface area (Å²) in [5.74, 6) is 1.54. The minimum Gasteiger partial charge on any atom is -0.493 e. The third kappa shape index (κ3) is 2.52. The predicted molar refractivity (Wildman–Crippen MR) is 88.5 cm³/mol. The van der Waals surface area contributed by atoms with Gasteiger partial charge in [-0.25, -0.2) is 4.98 Å². The van der Waals surface area contributed by atoms with Crippen molar-refractivity contribution in [3.63, 3.8) is 0 Å². The standard InChI is InChI=1S/C18H20N2O3/c1-18(2)11-23-15-12(7-5-8-13(15)18)17(21)20(3)16-14(22-4)9-6-10-19-16/h5-10H,11H2,1-4H3. The summed E-state index contributed by atoms with van der Waals surface area (Å²) in [7, 11) is 3.25. The van der Waals surface area contributed by atoms with Gasteiger partial charge in [-0.3, -0.25) is 9.69 Å². The molecule has 1 aliphatic rings. The smallest absolute Gasteiger partial charge is 0.263 e. The lowest BCUT2D eigenvalue weighted by molar-refractivity contribution is 0.0988. The lowest BCUT2D eigenvalue weighted by atomic mass is 9.86. The number of amides is 1. The van der Waals surface area contributed by atoms with Gasteiger partial charge in [0, 0.05) is 24.2 Å². The molecule has 3 rings (SSSR count). The van der Waals surface area contributed by atoms with Gasteiger partial charge in [0.2, 0.25) is 0 Å². The second-order valence-corrected chi connectivity index (χ2v) is 6.25. The summed E-state index contributed by atoms with van der Waals surface area (Å²) < 4.78 is 11.1. The van der Waals surface area contributed by atoms with Crippen LogP contribution >= 0.6 is 0 Å². The highest BCUT2D eigenvalue weighted by molar-refractivity contribution is 6.08. The van der Waals surface area contributed by atoms with Gasteiger partial charge in [-0.1, -0.05) is 26.0 Å². The molecule has 1 aromatic heterocycles. The number of aromatic nitrogens is 1. The number of pyridine rings is 1. The van der Waals surface area contributed by atoms with E-state index in [2.05, 4.69) is 18.8 Å². The first kappa shape index (κ1) is 15.3. The summed E-state index contributed by atoms with van der Waals surface area (Å²) in [5.41, 5.74) is 1.51. The van der Waals surface area contributed by atoms with Crippen molar-refractivity contribution in [2.45, 2.75) is 19.3 Å². The van der Waals surface area contributed by atoms with Gasteiger partial charge in [0.25, 0.3) is 5.91 Å². The van der Waals surface area contributed by atoms with E-state index in [1.165, 1.54) is 4.90 Å².